The molecule has 2 N–H and O–H groups in total. The monoisotopic (exact) mass is 262 g/mol. The van der Waals surface area contributed by atoms with Gasteiger partial charge in [0.1, 0.15) is 0 Å². The fourth-order valence-corrected chi connectivity index (χ4v) is 1.98. The lowest BCUT2D eigenvalue weighted by Crippen LogP contribution is -2.34. The van der Waals surface area contributed by atoms with Crippen LogP contribution in [-0.4, -0.2) is 18.5 Å². The summed E-state index contributed by atoms with van der Waals surface area (Å²) in [7, 11) is 0. The lowest BCUT2D eigenvalue weighted by atomic mass is 10.1. The first-order valence-corrected chi connectivity index (χ1v) is 7.22. The van der Waals surface area contributed by atoms with Crippen molar-refractivity contribution in [1.29, 1.82) is 0 Å². The van der Waals surface area contributed by atoms with Crippen molar-refractivity contribution in [3.8, 4) is 0 Å². The molecule has 0 spiro atoms. The first-order chi connectivity index (χ1) is 9.13. The topological polar surface area (TPSA) is 41.1 Å². The van der Waals surface area contributed by atoms with Gasteiger partial charge < -0.3 is 10.6 Å². The van der Waals surface area contributed by atoms with Crippen molar-refractivity contribution in [2.45, 2.75) is 52.5 Å². The minimum Gasteiger partial charge on any atom is -0.325 e. The van der Waals surface area contributed by atoms with Crippen molar-refractivity contribution in [3.05, 3.63) is 29.8 Å². The highest BCUT2D eigenvalue weighted by Gasteiger charge is 2.06. The molecule has 3 heteroatoms. The van der Waals surface area contributed by atoms with Crippen molar-refractivity contribution >= 4 is 11.6 Å². The number of carbonyl (C=O) groups is 1. The third-order valence-electron chi connectivity index (χ3n) is 3.27. The predicted molar refractivity (Wildman–Crippen MR) is 81.4 cm³/mol. The van der Waals surface area contributed by atoms with E-state index in [2.05, 4.69) is 24.5 Å². The predicted octanol–water partition coefficient (Wildman–Crippen LogP) is 3.49. The van der Waals surface area contributed by atoms with Crippen LogP contribution in [0.3, 0.4) is 0 Å². The van der Waals surface area contributed by atoms with Crippen LogP contribution in [-0.2, 0) is 4.79 Å². The van der Waals surface area contributed by atoms with Gasteiger partial charge in [-0.05, 0) is 31.9 Å². The van der Waals surface area contributed by atoms with Crippen LogP contribution in [0, 0.1) is 6.92 Å². The van der Waals surface area contributed by atoms with Crippen molar-refractivity contribution in [2.24, 2.45) is 0 Å². The highest BCUT2D eigenvalue weighted by atomic mass is 16.1. The second kappa shape index (κ2) is 8.70. The van der Waals surface area contributed by atoms with Crippen LogP contribution in [0.15, 0.2) is 24.3 Å². The molecule has 0 aliphatic heterocycles. The number of benzene rings is 1. The Morgan fingerprint density at radius 2 is 2.00 bits per heavy atom. The van der Waals surface area contributed by atoms with Crippen LogP contribution in [0.25, 0.3) is 0 Å². The van der Waals surface area contributed by atoms with E-state index in [4.69, 9.17) is 0 Å². The maximum Gasteiger partial charge on any atom is 0.238 e. The number of anilines is 1. The standard InChI is InChI=1S/C16H26N2O/c1-4-5-6-10-14(3)17-12-16(19)18-15-11-8-7-9-13(15)2/h7-9,11,14,17H,4-6,10,12H2,1-3H3,(H,18,19). The molecule has 1 amide bonds. The Labute approximate surface area is 116 Å². The summed E-state index contributed by atoms with van der Waals surface area (Å²) in [6.45, 7) is 6.71. The number of nitrogens with one attached hydrogen (secondary N) is 2. The van der Waals surface area contributed by atoms with Crippen molar-refractivity contribution in [3.63, 3.8) is 0 Å². The van der Waals surface area contributed by atoms with Crippen molar-refractivity contribution in [2.75, 3.05) is 11.9 Å². The minimum absolute atomic E-state index is 0.0247. The number of hydrogen-bond acceptors (Lipinski definition) is 2. The molecule has 3 nitrogen and oxygen atoms in total. The SMILES string of the molecule is CCCCCC(C)NCC(=O)Nc1ccccc1C. The van der Waals surface area contributed by atoms with Crippen LogP contribution in [0.4, 0.5) is 5.69 Å². The third-order valence-corrected chi connectivity index (χ3v) is 3.27. The summed E-state index contributed by atoms with van der Waals surface area (Å²) in [6, 6.07) is 8.23. The molecule has 19 heavy (non-hydrogen) atoms. The molecule has 1 atom stereocenters. The van der Waals surface area contributed by atoms with Crippen molar-refractivity contribution < 1.29 is 4.79 Å². The fraction of sp³-hybridized carbons (Fsp3) is 0.562. The molecule has 0 aliphatic carbocycles. The van der Waals surface area contributed by atoms with Gasteiger partial charge in [-0.3, -0.25) is 4.79 Å². The Kier molecular flexibility index (Phi) is 7.19. The summed E-state index contributed by atoms with van der Waals surface area (Å²) in [6.07, 6.45) is 4.86. The first kappa shape index (κ1) is 15.7. The summed E-state index contributed by atoms with van der Waals surface area (Å²) in [5.41, 5.74) is 1.99. The van der Waals surface area contributed by atoms with Gasteiger partial charge in [0.25, 0.3) is 0 Å². The number of rotatable bonds is 8. The van der Waals surface area contributed by atoms with Gasteiger partial charge in [0, 0.05) is 11.7 Å². The molecule has 0 saturated carbocycles. The number of aryl methyl sites for hydroxylation is 1. The molecule has 0 radical (unpaired) electrons. The Balaban J connectivity index is 2.26. The number of para-hydroxylation sites is 1. The van der Waals surface area contributed by atoms with E-state index in [0.29, 0.717) is 12.6 Å². The van der Waals surface area contributed by atoms with Gasteiger partial charge in [-0.2, -0.15) is 0 Å². The Morgan fingerprint density at radius 3 is 2.68 bits per heavy atom. The minimum atomic E-state index is 0.0247. The average Bonchev–Trinajstić information content (AvgIpc) is 2.39. The maximum absolute atomic E-state index is 11.8. The zero-order valence-corrected chi connectivity index (χ0v) is 12.3. The molecule has 1 unspecified atom stereocenters. The highest BCUT2D eigenvalue weighted by molar-refractivity contribution is 5.92. The number of unbranched alkanes of at least 4 members (excludes halogenated alkanes) is 2. The zero-order chi connectivity index (χ0) is 14.1. The summed E-state index contributed by atoms with van der Waals surface area (Å²) in [5.74, 6) is 0.0247. The molecular weight excluding hydrogens is 236 g/mol. The van der Waals surface area contributed by atoms with Crippen molar-refractivity contribution in [1.82, 2.24) is 5.32 Å². The summed E-state index contributed by atoms with van der Waals surface area (Å²) in [5, 5.41) is 6.20. The molecule has 1 rings (SSSR count). The molecule has 1 aromatic carbocycles. The van der Waals surface area contributed by atoms with Gasteiger partial charge >= 0.3 is 0 Å². The van der Waals surface area contributed by atoms with E-state index >= 15 is 0 Å². The maximum atomic E-state index is 11.8. The quantitative estimate of drug-likeness (QED) is 0.704. The molecule has 0 fully saturated rings. The molecule has 1 aromatic rings. The van der Waals surface area contributed by atoms with Crippen LogP contribution in [0.2, 0.25) is 0 Å². The van der Waals surface area contributed by atoms with E-state index in [-0.39, 0.29) is 5.91 Å². The Bertz CT molecular complexity index is 390. The summed E-state index contributed by atoms with van der Waals surface area (Å²) >= 11 is 0. The summed E-state index contributed by atoms with van der Waals surface area (Å²) in [4.78, 5) is 11.8. The molecule has 0 heterocycles. The molecular formula is C16H26N2O. The molecule has 0 aliphatic rings. The Hall–Kier alpha value is -1.35. The molecule has 0 bridgehead atoms. The van der Waals surface area contributed by atoms with Gasteiger partial charge in [0.2, 0.25) is 5.91 Å². The summed E-state index contributed by atoms with van der Waals surface area (Å²) < 4.78 is 0. The number of amides is 1. The van der Waals surface area contributed by atoms with Crippen LogP contribution >= 0.6 is 0 Å². The van der Waals surface area contributed by atoms with E-state index in [9.17, 15) is 4.79 Å². The van der Waals surface area contributed by atoms with E-state index in [1.165, 1.54) is 19.3 Å². The van der Waals surface area contributed by atoms with Crippen LogP contribution in [0.1, 0.15) is 45.1 Å². The highest BCUT2D eigenvalue weighted by Crippen LogP contribution is 2.12. The van der Waals surface area contributed by atoms with Gasteiger partial charge in [-0.1, -0.05) is 44.4 Å². The largest absolute Gasteiger partial charge is 0.325 e. The number of hydrogen-bond donors (Lipinski definition) is 2. The van der Waals surface area contributed by atoms with E-state index in [1.54, 1.807) is 0 Å². The van der Waals surface area contributed by atoms with Crippen LogP contribution < -0.4 is 10.6 Å². The van der Waals surface area contributed by atoms with E-state index < -0.39 is 0 Å². The molecule has 0 aromatic heterocycles. The molecule has 106 valence electrons. The lowest BCUT2D eigenvalue weighted by Gasteiger charge is -2.14. The van der Waals surface area contributed by atoms with E-state index in [0.717, 1.165) is 17.7 Å². The second-order valence-electron chi connectivity index (χ2n) is 5.14. The van der Waals surface area contributed by atoms with Gasteiger partial charge in [0.15, 0.2) is 0 Å². The normalized spacial score (nSPS) is 12.2. The second-order valence-corrected chi connectivity index (χ2v) is 5.14. The average molecular weight is 262 g/mol. The fourth-order valence-electron chi connectivity index (χ4n) is 1.98. The number of carbonyl (C=O) groups excluding carboxylic acids is 1. The zero-order valence-electron chi connectivity index (χ0n) is 12.3. The Morgan fingerprint density at radius 1 is 1.26 bits per heavy atom. The van der Waals surface area contributed by atoms with E-state index in [1.807, 2.05) is 31.2 Å². The van der Waals surface area contributed by atoms with Crippen LogP contribution in [0.5, 0.6) is 0 Å². The van der Waals surface area contributed by atoms with Gasteiger partial charge in [0.05, 0.1) is 6.54 Å². The lowest BCUT2D eigenvalue weighted by molar-refractivity contribution is -0.115. The van der Waals surface area contributed by atoms with Gasteiger partial charge in [-0.25, -0.2) is 0 Å². The molecule has 0 saturated heterocycles. The smallest absolute Gasteiger partial charge is 0.238 e. The first-order valence-electron chi connectivity index (χ1n) is 7.22. The third kappa shape index (κ3) is 6.39. The van der Waals surface area contributed by atoms with Gasteiger partial charge in [-0.15, -0.1) is 0 Å².